The Hall–Kier alpha value is -1.09. The van der Waals surface area contributed by atoms with Crippen LogP contribution in [0.15, 0.2) is 18.2 Å². The maximum absolute atomic E-state index is 10.5. The summed E-state index contributed by atoms with van der Waals surface area (Å²) in [7, 11) is 0. The Morgan fingerprint density at radius 3 is 2.93 bits per heavy atom. The molecule has 76 valence electrons. The number of carbonyl (C=O) groups is 1. The van der Waals surface area contributed by atoms with Crippen molar-refractivity contribution in [1.29, 1.82) is 0 Å². The minimum absolute atomic E-state index is 0.241. The van der Waals surface area contributed by atoms with Gasteiger partial charge in [0.2, 0.25) is 0 Å². The summed E-state index contributed by atoms with van der Waals surface area (Å²) in [6.45, 7) is 3.90. The van der Waals surface area contributed by atoms with Crippen molar-refractivity contribution in [2.45, 2.75) is 20.3 Å². The molecule has 14 heavy (non-hydrogen) atoms. The van der Waals surface area contributed by atoms with Crippen molar-refractivity contribution < 1.29 is 9.53 Å². The quantitative estimate of drug-likeness (QED) is 0.714. The maximum atomic E-state index is 10.5. The summed E-state index contributed by atoms with van der Waals surface area (Å²) in [4.78, 5) is 13.0. The molecular weight excluding hydrogens is 196 g/mol. The number of carbonyl (C=O) groups excluding carboxylic acids is 1. The standard InChI is InChI=1S/C11H14O2S/c1-3-10-6-7-11(14-10)5-4-8-13-9(2)12/h4-7H,3,8H2,1-2H3/b5-4+. The summed E-state index contributed by atoms with van der Waals surface area (Å²) >= 11 is 1.76. The molecular formula is C11H14O2S. The van der Waals surface area contributed by atoms with Gasteiger partial charge in [0, 0.05) is 16.7 Å². The smallest absolute Gasteiger partial charge is 0.302 e. The molecule has 0 fully saturated rings. The van der Waals surface area contributed by atoms with Crippen LogP contribution in [0.4, 0.5) is 0 Å². The summed E-state index contributed by atoms with van der Waals surface area (Å²) in [6.07, 6.45) is 4.90. The molecule has 2 nitrogen and oxygen atoms in total. The van der Waals surface area contributed by atoms with E-state index in [0.717, 1.165) is 6.42 Å². The third-order valence-corrected chi connectivity index (χ3v) is 2.89. The average Bonchev–Trinajstić information content (AvgIpc) is 2.60. The second kappa shape index (κ2) is 5.60. The van der Waals surface area contributed by atoms with Gasteiger partial charge in [-0.15, -0.1) is 11.3 Å². The molecule has 1 aromatic rings. The third-order valence-electron chi connectivity index (χ3n) is 1.70. The van der Waals surface area contributed by atoms with Crippen LogP contribution >= 0.6 is 11.3 Å². The molecule has 0 radical (unpaired) electrons. The van der Waals surface area contributed by atoms with Gasteiger partial charge >= 0.3 is 5.97 Å². The first-order valence-electron chi connectivity index (χ1n) is 4.61. The van der Waals surface area contributed by atoms with E-state index in [1.807, 2.05) is 12.2 Å². The lowest BCUT2D eigenvalue weighted by atomic mass is 10.3. The number of rotatable bonds is 4. The molecule has 1 heterocycles. The predicted molar refractivity (Wildman–Crippen MR) is 59.4 cm³/mol. The molecule has 0 aliphatic rings. The van der Waals surface area contributed by atoms with Crippen molar-refractivity contribution in [3.8, 4) is 0 Å². The highest BCUT2D eigenvalue weighted by Gasteiger charge is 1.94. The first kappa shape index (κ1) is 11.0. The normalized spacial score (nSPS) is 10.7. The fraction of sp³-hybridized carbons (Fsp3) is 0.364. The molecule has 0 bridgehead atoms. The van der Waals surface area contributed by atoms with E-state index in [0.29, 0.717) is 6.61 Å². The topological polar surface area (TPSA) is 26.3 Å². The molecule has 0 amide bonds. The summed E-state index contributed by atoms with van der Waals surface area (Å²) in [5, 5.41) is 0. The molecule has 1 aromatic heterocycles. The van der Waals surface area contributed by atoms with Crippen LogP contribution in [0.2, 0.25) is 0 Å². The number of ether oxygens (including phenoxy) is 1. The van der Waals surface area contributed by atoms with Gasteiger partial charge in [0.1, 0.15) is 6.61 Å². The number of thiophene rings is 1. The van der Waals surface area contributed by atoms with Crippen LogP contribution in [-0.4, -0.2) is 12.6 Å². The minimum Gasteiger partial charge on any atom is -0.462 e. The second-order valence-electron chi connectivity index (χ2n) is 2.86. The molecule has 0 aliphatic heterocycles. The molecule has 0 aromatic carbocycles. The van der Waals surface area contributed by atoms with E-state index in [2.05, 4.69) is 19.1 Å². The van der Waals surface area contributed by atoms with Crippen molar-refractivity contribution in [1.82, 2.24) is 0 Å². The number of hydrogen-bond donors (Lipinski definition) is 0. The minimum atomic E-state index is -0.241. The maximum Gasteiger partial charge on any atom is 0.302 e. The van der Waals surface area contributed by atoms with Gasteiger partial charge in [0.25, 0.3) is 0 Å². The largest absolute Gasteiger partial charge is 0.462 e. The molecule has 0 atom stereocenters. The molecule has 0 saturated heterocycles. The van der Waals surface area contributed by atoms with Gasteiger partial charge in [0.15, 0.2) is 0 Å². The van der Waals surface area contributed by atoms with Crippen LogP contribution in [-0.2, 0) is 16.0 Å². The summed E-state index contributed by atoms with van der Waals surface area (Å²) < 4.78 is 4.78. The Labute approximate surface area is 88.2 Å². The first-order chi connectivity index (χ1) is 6.72. The van der Waals surface area contributed by atoms with Crippen molar-refractivity contribution in [3.63, 3.8) is 0 Å². The lowest BCUT2D eigenvalue weighted by Gasteiger charge is -1.93. The van der Waals surface area contributed by atoms with E-state index in [9.17, 15) is 4.79 Å². The zero-order valence-corrected chi connectivity index (χ0v) is 9.26. The highest BCUT2D eigenvalue weighted by atomic mass is 32.1. The van der Waals surface area contributed by atoms with E-state index in [1.165, 1.54) is 16.7 Å². The van der Waals surface area contributed by atoms with Crippen molar-refractivity contribution in [2.75, 3.05) is 6.61 Å². The van der Waals surface area contributed by atoms with Crippen molar-refractivity contribution in [3.05, 3.63) is 28.0 Å². The SMILES string of the molecule is CCc1ccc(/C=C/COC(C)=O)s1. The van der Waals surface area contributed by atoms with Crippen LogP contribution in [0.1, 0.15) is 23.6 Å². The Morgan fingerprint density at radius 1 is 1.57 bits per heavy atom. The molecule has 0 N–H and O–H groups in total. The van der Waals surface area contributed by atoms with Gasteiger partial charge in [-0.2, -0.15) is 0 Å². The number of aryl methyl sites for hydroxylation is 1. The Kier molecular flexibility index (Phi) is 4.40. The molecule has 0 aliphatic carbocycles. The Balaban J connectivity index is 2.39. The summed E-state index contributed by atoms with van der Waals surface area (Å²) in [5.41, 5.74) is 0. The van der Waals surface area contributed by atoms with Crippen LogP contribution in [0.3, 0.4) is 0 Å². The van der Waals surface area contributed by atoms with Gasteiger partial charge in [-0.05, 0) is 30.7 Å². The van der Waals surface area contributed by atoms with Crippen molar-refractivity contribution in [2.24, 2.45) is 0 Å². The second-order valence-corrected chi connectivity index (χ2v) is 4.06. The number of hydrogen-bond acceptors (Lipinski definition) is 3. The zero-order chi connectivity index (χ0) is 10.4. The highest BCUT2D eigenvalue weighted by molar-refractivity contribution is 7.12. The number of esters is 1. The van der Waals surface area contributed by atoms with Crippen LogP contribution < -0.4 is 0 Å². The van der Waals surface area contributed by atoms with E-state index < -0.39 is 0 Å². The zero-order valence-electron chi connectivity index (χ0n) is 8.45. The lowest BCUT2D eigenvalue weighted by molar-refractivity contribution is -0.139. The fourth-order valence-electron chi connectivity index (χ4n) is 1.00. The Bertz CT molecular complexity index is 326. The fourth-order valence-corrected chi connectivity index (χ4v) is 1.89. The average molecular weight is 210 g/mol. The van der Waals surface area contributed by atoms with Gasteiger partial charge in [-0.3, -0.25) is 4.79 Å². The molecule has 0 saturated carbocycles. The van der Waals surface area contributed by atoms with Crippen molar-refractivity contribution >= 4 is 23.4 Å². The lowest BCUT2D eigenvalue weighted by Crippen LogP contribution is -1.96. The molecule has 3 heteroatoms. The first-order valence-corrected chi connectivity index (χ1v) is 5.42. The molecule has 0 unspecified atom stereocenters. The van der Waals surface area contributed by atoms with E-state index in [-0.39, 0.29) is 5.97 Å². The van der Waals surface area contributed by atoms with E-state index >= 15 is 0 Å². The third kappa shape index (κ3) is 3.75. The van der Waals surface area contributed by atoms with Gasteiger partial charge in [-0.1, -0.05) is 6.92 Å². The van der Waals surface area contributed by atoms with Crippen LogP contribution in [0.5, 0.6) is 0 Å². The van der Waals surface area contributed by atoms with Crippen LogP contribution in [0.25, 0.3) is 6.08 Å². The molecule has 1 rings (SSSR count). The van der Waals surface area contributed by atoms with E-state index in [1.54, 1.807) is 11.3 Å². The predicted octanol–water partition coefficient (Wildman–Crippen LogP) is 2.89. The highest BCUT2D eigenvalue weighted by Crippen LogP contribution is 2.17. The van der Waals surface area contributed by atoms with Gasteiger partial charge < -0.3 is 4.74 Å². The van der Waals surface area contributed by atoms with Crippen LogP contribution in [0, 0.1) is 0 Å². The van der Waals surface area contributed by atoms with Gasteiger partial charge in [-0.25, -0.2) is 0 Å². The summed E-state index contributed by atoms with van der Waals surface area (Å²) in [5.74, 6) is -0.241. The summed E-state index contributed by atoms with van der Waals surface area (Å²) in [6, 6.07) is 4.20. The van der Waals surface area contributed by atoms with E-state index in [4.69, 9.17) is 4.74 Å². The monoisotopic (exact) mass is 210 g/mol. The molecule has 0 spiro atoms. The van der Waals surface area contributed by atoms with Gasteiger partial charge in [0.05, 0.1) is 0 Å². The Morgan fingerprint density at radius 2 is 2.36 bits per heavy atom.